The number of pyridine rings is 1. The molecule has 0 spiro atoms. The summed E-state index contributed by atoms with van der Waals surface area (Å²) in [5, 5.41) is 18.9. The quantitative estimate of drug-likeness (QED) is 0.424. The normalized spacial score (nSPS) is 20.1. The highest BCUT2D eigenvalue weighted by Gasteiger charge is 2.35. The van der Waals surface area contributed by atoms with Gasteiger partial charge in [-0.05, 0) is 43.7 Å². The molecule has 38 heavy (non-hydrogen) atoms. The number of aryl methyl sites for hydroxylation is 1. The van der Waals surface area contributed by atoms with Gasteiger partial charge in [-0.2, -0.15) is 5.10 Å². The van der Waals surface area contributed by atoms with E-state index in [-0.39, 0.29) is 17.9 Å². The Morgan fingerprint density at radius 3 is 2.68 bits per heavy atom. The van der Waals surface area contributed by atoms with Crippen LogP contribution >= 0.6 is 0 Å². The van der Waals surface area contributed by atoms with E-state index in [2.05, 4.69) is 37.7 Å². The smallest absolute Gasteiger partial charge is 0.276 e. The Kier molecular flexibility index (Phi) is 5.38. The van der Waals surface area contributed by atoms with Gasteiger partial charge in [-0.1, -0.05) is 17.2 Å². The van der Waals surface area contributed by atoms with Crippen molar-refractivity contribution in [3.8, 4) is 11.3 Å². The van der Waals surface area contributed by atoms with Crippen LogP contribution in [0.1, 0.15) is 80.6 Å². The number of H-pyrrole nitrogens is 1. The number of nitrogens with one attached hydrogen (secondary N) is 2. The third-order valence-electron chi connectivity index (χ3n) is 8.08. The SMILES string of the molecule is CC1CCc2c(C(=O)NC3CCc4onc(C(=O)N5CCc6onc(-c7ccncc7)c6C5)c4C3)n[nH]c21. The predicted octanol–water partition coefficient (Wildman–Crippen LogP) is 2.98. The lowest BCUT2D eigenvalue weighted by Gasteiger charge is -2.27. The topological polar surface area (TPSA) is 143 Å². The maximum Gasteiger partial charge on any atom is 0.276 e. The van der Waals surface area contributed by atoms with Crippen molar-refractivity contribution in [2.24, 2.45) is 0 Å². The lowest BCUT2D eigenvalue weighted by atomic mass is 9.91. The van der Waals surface area contributed by atoms with Crippen LogP contribution in [-0.2, 0) is 32.2 Å². The van der Waals surface area contributed by atoms with E-state index in [1.54, 1.807) is 17.3 Å². The molecule has 5 heterocycles. The molecule has 1 aliphatic heterocycles. The molecule has 2 N–H and O–H groups in total. The van der Waals surface area contributed by atoms with Crippen LogP contribution in [0.3, 0.4) is 0 Å². The Morgan fingerprint density at radius 1 is 1.00 bits per heavy atom. The van der Waals surface area contributed by atoms with Crippen LogP contribution in [0.25, 0.3) is 11.3 Å². The zero-order chi connectivity index (χ0) is 25.8. The van der Waals surface area contributed by atoms with Gasteiger partial charge in [0, 0.05) is 65.8 Å². The summed E-state index contributed by atoms with van der Waals surface area (Å²) < 4.78 is 11.2. The summed E-state index contributed by atoms with van der Waals surface area (Å²) in [4.78, 5) is 32.5. The number of carbonyl (C=O) groups excluding carboxylic acids is 2. The number of rotatable bonds is 4. The minimum absolute atomic E-state index is 0.128. The maximum atomic E-state index is 13.6. The van der Waals surface area contributed by atoms with E-state index >= 15 is 0 Å². The Balaban J connectivity index is 1.08. The first-order valence-corrected chi connectivity index (χ1v) is 13.1. The summed E-state index contributed by atoms with van der Waals surface area (Å²) in [5.41, 5.74) is 6.20. The minimum Gasteiger partial charge on any atom is -0.360 e. The van der Waals surface area contributed by atoms with Gasteiger partial charge in [0.25, 0.3) is 11.8 Å². The van der Waals surface area contributed by atoms with Crippen molar-refractivity contribution < 1.29 is 18.6 Å². The number of carbonyl (C=O) groups is 2. The summed E-state index contributed by atoms with van der Waals surface area (Å²) in [7, 11) is 0. The van der Waals surface area contributed by atoms with E-state index in [4.69, 9.17) is 9.05 Å². The molecule has 2 amide bonds. The molecule has 11 heteroatoms. The number of hydrogen-bond acceptors (Lipinski definition) is 8. The fourth-order valence-corrected chi connectivity index (χ4v) is 5.95. The molecule has 2 aliphatic carbocycles. The summed E-state index contributed by atoms with van der Waals surface area (Å²) in [6.07, 6.45) is 7.69. The third-order valence-corrected chi connectivity index (χ3v) is 8.08. The van der Waals surface area contributed by atoms with Crippen molar-refractivity contribution in [2.45, 2.75) is 64.0 Å². The molecule has 11 nitrogen and oxygen atoms in total. The highest BCUT2D eigenvalue weighted by atomic mass is 16.5. The van der Waals surface area contributed by atoms with Crippen LogP contribution in [0.15, 0.2) is 33.6 Å². The molecule has 0 radical (unpaired) electrons. The monoisotopic (exact) mass is 513 g/mol. The fraction of sp³-hybridized carbons (Fsp3) is 0.407. The molecule has 0 saturated carbocycles. The number of aromatic amines is 1. The van der Waals surface area contributed by atoms with Gasteiger partial charge in [-0.25, -0.2) is 0 Å². The third kappa shape index (κ3) is 3.72. The van der Waals surface area contributed by atoms with Crippen LogP contribution in [-0.4, -0.2) is 54.8 Å². The van der Waals surface area contributed by atoms with Crippen LogP contribution in [0, 0.1) is 0 Å². The molecule has 0 saturated heterocycles. The van der Waals surface area contributed by atoms with Crippen LogP contribution in [0.4, 0.5) is 0 Å². The lowest BCUT2D eigenvalue weighted by molar-refractivity contribution is 0.0717. The van der Waals surface area contributed by atoms with Gasteiger partial charge >= 0.3 is 0 Å². The second-order valence-electron chi connectivity index (χ2n) is 10.4. The minimum atomic E-state index is -0.186. The van der Waals surface area contributed by atoms with E-state index in [1.807, 2.05) is 12.1 Å². The van der Waals surface area contributed by atoms with Crippen molar-refractivity contribution in [3.05, 3.63) is 69.8 Å². The average molecular weight is 514 g/mol. The Labute approximate surface area is 218 Å². The van der Waals surface area contributed by atoms with Crippen LogP contribution in [0.2, 0.25) is 0 Å². The van der Waals surface area contributed by atoms with Crippen molar-refractivity contribution in [3.63, 3.8) is 0 Å². The van der Waals surface area contributed by atoms with Gasteiger partial charge in [0.15, 0.2) is 11.4 Å². The molecule has 194 valence electrons. The van der Waals surface area contributed by atoms with Gasteiger partial charge in [0.2, 0.25) is 0 Å². The van der Waals surface area contributed by atoms with Crippen molar-refractivity contribution in [1.29, 1.82) is 0 Å². The average Bonchev–Trinajstić information content (AvgIpc) is 3.72. The Bertz CT molecular complexity index is 1540. The first-order chi connectivity index (χ1) is 18.6. The van der Waals surface area contributed by atoms with E-state index in [9.17, 15) is 9.59 Å². The van der Waals surface area contributed by atoms with Gasteiger partial charge in [0.05, 0.1) is 6.54 Å². The number of amides is 2. The molecule has 2 atom stereocenters. The standard InChI is InChI=1S/C27H27N7O4/c1-14-2-4-17-22(14)30-31-24(17)26(35)29-16-3-5-20-18(12-16)25(33-37-20)27(36)34-11-8-21-19(13-34)23(32-38-21)15-6-9-28-10-7-15/h6-7,9-10,14,16H,2-5,8,11-13H2,1H3,(H,29,35)(H,30,31). The van der Waals surface area contributed by atoms with Gasteiger partial charge in [-0.3, -0.25) is 19.7 Å². The van der Waals surface area contributed by atoms with Crippen LogP contribution < -0.4 is 5.32 Å². The summed E-state index contributed by atoms with van der Waals surface area (Å²) in [5.74, 6) is 1.55. The largest absolute Gasteiger partial charge is 0.360 e. The van der Waals surface area contributed by atoms with Crippen molar-refractivity contribution in [1.82, 2.24) is 35.7 Å². The molecular weight excluding hydrogens is 486 g/mol. The maximum absolute atomic E-state index is 13.6. The number of nitrogens with zero attached hydrogens (tertiary/aromatic N) is 5. The zero-order valence-electron chi connectivity index (χ0n) is 21.0. The summed E-state index contributed by atoms with van der Waals surface area (Å²) in [6.45, 7) is 3.02. The summed E-state index contributed by atoms with van der Waals surface area (Å²) >= 11 is 0. The second-order valence-corrected chi connectivity index (χ2v) is 10.4. The Morgan fingerprint density at radius 2 is 1.82 bits per heavy atom. The van der Waals surface area contributed by atoms with Crippen LogP contribution in [0.5, 0.6) is 0 Å². The molecule has 0 aromatic carbocycles. The predicted molar refractivity (Wildman–Crippen MR) is 133 cm³/mol. The molecule has 2 unspecified atom stereocenters. The van der Waals surface area contributed by atoms with E-state index < -0.39 is 0 Å². The molecule has 0 bridgehead atoms. The number of hydrogen-bond donors (Lipinski definition) is 2. The first kappa shape index (κ1) is 22.9. The highest BCUT2D eigenvalue weighted by Crippen LogP contribution is 2.34. The molecule has 4 aromatic heterocycles. The van der Waals surface area contributed by atoms with Gasteiger partial charge < -0.3 is 19.3 Å². The molecule has 0 fully saturated rings. The van der Waals surface area contributed by atoms with E-state index in [0.29, 0.717) is 61.8 Å². The van der Waals surface area contributed by atoms with Crippen molar-refractivity contribution in [2.75, 3.05) is 6.54 Å². The number of fused-ring (bicyclic) bond motifs is 3. The molecule has 4 aromatic rings. The van der Waals surface area contributed by atoms with Crippen molar-refractivity contribution >= 4 is 11.8 Å². The first-order valence-electron chi connectivity index (χ1n) is 13.1. The molecular formula is C27H27N7O4. The Hall–Kier alpha value is -4.28. The highest BCUT2D eigenvalue weighted by molar-refractivity contribution is 5.95. The lowest BCUT2D eigenvalue weighted by Crippen LogP contribution is -2.40. The van der Waals surface area contributed by atoms with E-state index in [1.165, 1.54) is 0 Å². The van der Waals surface area contributed by atoms with Gasteiger partial charge in [0.1, 0.15) is 17.2 Å². The second kappa shape index (κ2) is 8.93. The molecule has 3 aliphatic rings. The van der Waals surface area contributed by atoms with E-state index in [0.717, 1.165) is 52.2 Å². The molecule has 7 rings (SSSR count). The number of aromatic nitrogens is 5. The van der Waals surface area contributed by atoms with Gasteiger partial charge in [-0.15, -0.1) is 0 Å². The summed E-state index contributed by atoms with van der Waals surface area (Å²) in [6, 6.07) is 3.62. The fourth-order valence-electron chi connectivity index (χ4n) is 5.95. The zero-order valence-corrected chi connectivity index (χ0v) is 21.0.